The quantitative estimate of drug-likeness (QED) is 0.868. The summed E-state index contributed by atoms with van der Waals surface area (Å²) >= 11 is 0. The number of fused-ring (bicyclic) bond motifs is 1. The van der Waals surface area contributed by atoms with Crippen molar-refractivity contribution in [3.63, 3.8) is 0 Å². The summed E-state index contributed by atoms with van der Waals surface area (Å²) in [7, 11) is 3.72. The summed E-state index contributed by atoms with van der Waals surface area (Å²) in [6.45, 7) is 1.80. The van der Waals surface area contributed by atoms with Crippen LogP contribution in [0.1, 0.15) is 31.2 Å². The van der Waals surface area contributed by atoms with Crippen LogP contribution in [-0.4, -0.2) is 50.7 Å². The number of nitrogens with zero attached hydrogens (tertiary/aromatic N) is 1. The van der Waals surface area contributed by atoms with Crippen LogP contribution in [0, 0.1) is 5.92 Å². The first-order valence-corrected chi connectivity index (χ1v) is 8.92. The fourth-order valence-electron chi connectivity index (χ4n) is 3.69. The molecule has 1 heterocycles. The van der Waals surface area contributed by atoms with E-state index >= 15 is 0 Å². The Morgan fingerprint density at radius 3 is 2.92 bits per heavy atom. The minimum Gasteiger partial charge on any atom is -0.497 e. The molecule has 1 aliphatic heterocycles. The molecular formula is C19H28N2O3. The standard InChI is InChI=1S/C19H28N2O3/c1-21(16-5-3-4-6-16)12-19(22)20-11-14-9-15-7-8-17(23-2)10-18(15)24-13-14/h7-8,10,14,16H,3-6,9,11-13H2,1-2H3,(H,20,22). The first-order valence-electron chi connectivity index (χ1n) is 8.92. The van der Waals surface area contributed by atoms with E-state index in [0.717, 1.165) is 17.9 Å². The number of benzene rings is 1. The van der Waals surface area contributed by atoms with E-state index in [-0.39, 0.29) is 5.91 Å². The molecule has 0 bridgehead atoms. The van der Waals surface area contributed by atoms with Crippen LogP contribution in [0.5, 0.6) is 11.5 Å². The molecular weight excluding hydrogens is 304 g/mol. The molecule has 132 valence electrons. The van der Waals surface area contributed by atoms with Gasteiger partial charge in [-0.25, -0.2) is 0 Å². The van der Waals surface area contributed by atoms with Gasteiger partial charge >= 0.3 is 0 Å². The topological polar surface area (TPSA) is 50.8 Å². The van der Waals surface area contributed by atoms with Crippen molar-refractivity contribution in [1.29, 1.82) is 0 Å². The third-order valence-corrected chi connectivity index (χ3v) is 5.19. The second kappa shape index (κ2) is 7.88. The highest BCUT2D eigenvalue weighted by Gasteiger charge is 2.23. The summed E-state index contributed by atoms with van der Waals surface area (Å²) in [5, 5.41) is 3.07. The van der Waals surface area contributed by atoms with Gasteiger partial charge < -0.3 is 14.8 Å². The fraction of sp³-hybridized carbons (Fsp3) is 0.632. The molecule has 1 amide bonds. The van der Waals surface area contributed by atoms with Crippen LogP contribution in [0.15, 0.2) is 18.2 Å². The molecule has 1 fully saturated rings. The minimum absolute atomic E-state index is 0.116. The minimum atomic E-state index is 0.116. The number of rotatable bonds is 6. The van der Waals surface area contributed by atoms with E-state index in [0.29, 0.717) is 31.7 Å². The van der Waals surface area contributed by atoms with Gasteiger partial charge in [0.15, 0.2) is 0 Å². The normalized spacial score (nSPS) is 20.5. The Morgan fingerprint density at radius 2 is 2.17 bits per heavy atom. The number of hydrogen-bond acceptors (Lipinski definition) is 4. The predicted octanol–water partition coefficient (Wildman–Crippen LogP) is 2.24. The van der Waals surface area contributed by atoms with Gasteiger partial charge in [0, 0.05) is 24.6 Å². The van der Waals surface area contributed by atoms with Crippen molar-refractivity contribution in [2.75, 3.05) is 33.9 Å². The lowest BCUT2D eigenvalue weighted by Crippen LogP contribution is -2.42. The average molecular weight is 332 g/mol. The maximum absolute atomic E-state index is 12.2. The number of carbonyl (C=O) groups is 1. The van der Waals surface area contributed by atoms with Crippen molar-refractivity contribution in [2.24, 2.45) is 5.92 Å². The van der Waals surface area contributed by atoms with Gasteiger partial charge in [0.2, 0.25) is 5.91 Å². The molecule has 5 nitrogen and oxygen atoms in total. The number of hydrogen-bond donors (Lipinski definition) is 1. The van der Waals surface area contributed by atoms with Crippen molar-refractivity contribution in [3.05, 3.63) is 23.8 Å². The van der Waals surface area contributed by atoms with E-state index in [1.54, 1.807) is 7.11 Å². The van der Waals surface area contributed by atoms with E-state index in [9.17, 15) is 4.79 Å². The van der Waals surface area contributed by atoms with E-state index in [4.69, 9.17) is 9.47 Å². The van der Waals surface area contributed by atoms with Crippen LogP contribution in [0.3, 0.4) is 0 Å². The van der Waals surface area contributed by atoms with E-state index < -0.39 is 0 Å². The van der Waals surface area contributed by atoms with E-state index in [2.05, 4.69) is 23.3 Å². The Hall–Kier alpha value is -1.75. The molecule has 0 spiro atoms. The molecule has 24 heavy (non-hydrogen) atoms. The maximum Gasteiger partial charge on any atom is 0.234 e. The van der Waals surface area contributed by atoms with Crippen molar-refractivity contribution in [1.82, 2.24) is 10.2 Å². The number of likely N-dealkylation sites (N-methyl/N-ethyl adjacent to an activating group) is 1. The lowest BCUT2D eigenvalue weighted by Gasteiger charge is -2.27. The highest BCUT2D eigenvalue weighted by Crippen LogP contribution is 2.30. The molecule has 0 saturated heterocycles. The van der Waals surface area contributed by atoms with Gasteiger partial charge in [-0.2, -0.15) is 0 Å². The molecule has 5 heteroatoms. The molecule has 0 aromatic heterocycles. The summed E-state index contributed by atoms with van der Waals surface area (Å²) < 4.78 is 11.1. The smallest absolute Gasteiger partial charge is 0.234 e. The number of methoxy groups -OCH3 is 1. The van der Waals surface area contributed by atoms with Crippen molar-refractivity contribution >= 4 is 5.91 Å². The van der Waals surface area contributed by atoms with Crippen molar-refractivity contribution < 1.29 is 14.3 Å². The summed E-state index contributed by atoms with van der Waals surface area (Å²) in [5.74, 6) is 2.16. The van der Waals surface area contributed by atoms with Gasteiger partial charge in [-0.15, -0.1) is 0 Å². The zero-order chi connectivity index (χ0) is 16.9. The zero-order valence-electron chi connectivity index (χ0n) is 14.7. The Balaban J connectivity index is 1.44. The number of carbonyl (C=O) groups excluding carboxylic acids is 1. The van der Waals surface area contributed by atoms with E-state index in [1.165, 1.54) is 31.2 Å². The first-order chi connectivity index (χ1) is 11.7. The highest BCUT2D eigenvalue weighted by atomic mass is 16.5. The fourth-order valence-corrected chi connectivity index (χ4v) is 3.69. The highest BCUT2D eigenvalue weighted by molar-refractivity contribution is 5.78. The second-order valence-corrected chi connectivity index (χ2v) is 7.01. The summed E-state index contributed by atoms with van der Waals surface area (Å²) in [6, 6.07) is 6.52. The molecule has 1 aromatic rings. The zero-order valence-corrected chi connectivity index (χ0v) is 14.7. The van der Waals surface area contributed by atoms with Crippen LogP contribution in [0.25, 0.3) is 0 Å². The van der Waals surface area contributed by atoms with Crippen molar-refractivity contribution in [3.8, 4) is 11.5 Å². The molecule has 1 aliphatic carbocycles. The first kappa shape index (κ1) is 17.1. The van der Waals surface area contributed by atoms with Crippen LogP contribution >= 0.6 is 0 Å². The Labute approximate surface area is 144 Å². The number of nitrogens with one attached hydrogen (secondary N) is 1. The van der Waals surface area contributed by atoms with Gasteiger partial charge in [-0.3, -0.25) is 9.69 Å². The Bertz CT molecular complexity index is 570. The van der Waals surface area contributed by atoms with Crippen LogP contribution < -0.4 is 14.8 Å². The molecule has 1 unspecified atom stereocenters. The number of amides is 1. The lowest BCUT2D eigenvalue weighted by molar-refractivity contribution is -0.122. The second-order valence-electron chi connectivity index (χ2n) is 7.01. The molecule has 3 rings (SSSR count). The molecule has 2 aliphatic rings. The van der Waals surface area contributed by atoms with Crippen LogP contribution in [0.2, 0.25) is 0 Å². The summed E-state index contributed by atoms with van der Waals surface area (Å²) in [6.07, 6.45) is 5.96. The van der Waals surface area contributed by atoms with Gasteiger partial charge in [-0.1, -0.05) is 18.9 Å². The monoisotopic (exact) mass is 332 g/mol. The lowest BCUT2D eigenvalue weighted by atomic mass is 9.96. The predicted molar refractivity (Wildman–Crippen MR) is 93.6 cm³/mol. The van der Waals surface area contributed by atoms with Gasteiger partial charge in [0.25, 0.3) is 0 Å². The molecule has 0 radical (unpaired) electrons. The molecule has 1 aromatic carbocycles. The van der Waals surface area contributed by atoms with Crippen molar-refractivity contribution in [2.45, 2.75) is 38.1 Å². The third kappa shape index (κ3) is 4.20. The van der Waals surface area contributed by atoms with E-state index in [1.807, 2.05) is 12.1 Å². The number of ether oxygens (including phenoxy) is 2. The van der Waals surface area contributed by atoms with Crippen LogP contribution in [-0.2, 0) is 11.2 Å². The van der Waals surface area contributed by atoms with Gasteiger partial charge in [0.05, 0.1) is 20.3 Å². The summed E-state index contributed by atoms with van der Waals surface area (Å²) in [5.41, 5.74) is 1.18. The average Bonchev–Trinajstić information content (AvgIpc) is 3.14. The molecule has 1 atom stereocenters. The van der Waals surface area contributed by atoms with Gasteiger partial charge in [-0.05, 0) is 37.9 Å². The molecule has 1 N–H and O–H groups in total. The summed E-state index contributed by atoms with van der Waals surface area (Å²) in [4.78, 5) is 14.4. The Kier molecular flexibility index (Phi) is 5.61. The largest absolute Gasteiger partial charge is 0.497 e. The third-order valence-electron chi connectivity index (χ3n) is 5.19. The Morgan fingerprint density at radius 1 is 1.38 bits per heavy atom. The SMILES string of the molecule is COc1ccc2c(c1)OCC(CNC(=O)CN(C)C1CCCC1)C2. The maximum atomic E-state index is 12.2. The van der Waals surface area contributed by atoms with Crippen LogP contribution in [0.4, 0.5) is 0 Å². The molecule has 1 saturated carbocycles. The van der Waals surface area contributed by atoms with Gasteiger partial charge in [0.1, 0.15) is 11.5 Å².